The van der Waals surface area contributed by atoms with E-state index in [9.17, 15) is 5.11 Å². The number of hydrogen-bond donors (Lipinski definition) is 2. The van der Waals surface area contributed by atoms with Gasteiger partial charge in [0, 0.05) is 19.2 Å². The molecule has 1 aliphatic heterocycles. The fourth-order valence-corrected chi connectivity index (χ4v) is 4.14. The normalized spacial score (nSPS) is 27.7. The van der Waals surface area contributed by atoms with E-state index in [1.54, 1.807) is 11.3 Å². The molecule has 3 nitrogen and oxygen atoms in total. The van der Waals surface area contributed by atoms with Crippen LogP contribution in [0.15, 0.2) is 16.8 Å². The smallest absolute Gasteiger partial charge is 0.0922 e. The van der Waals surface area contributed by atoms with Crippen LogP contribution in [0.25, 0.3) is 0 Å². The van der Waals surface area contributed by atoms with Gasteiger partial charge >= 0.3 is 0 Å². The largest absolute Gasteiger partial charge is 0.387 e. The fraction of sp³-hybridized carbons (Fsp3) is 0.733. The van der Waals surface area contributed by atoms with Crippen molar-refractivity contribution < 1.29 is 9.84 Å². The molecule has 2 fully saturated rings. The molecular weight excluding hydrogens is 258 g/mol. The second-order valence-corrected chi connectivity index (χ2v) is 6.69. The van der Waals surface area contributed by atoms with Gasteiger partial charge in [0.25, 0.3) is 0 Å². The lowest BCUT2D eigenvalue weighted by atomic mass is 9.89. The van der Waals surface area contributed by atoms with E-state index in [1.807, 2.05) is 16.8 Å². The third-order valence-electron chi connectivity index (χ3n) is 4.54. The van der Waals surface area contributed by atoms with E-state index in [4.69, 9.17) is 4.74 Å². The minimum atomic E-state index is -0.381. The zero-order valence-corrected chi connectivity index (χ0v) is 12.1. The molecule has 0 amide bonds. The molecule has 1 aliphatic carbocycles. The van der Waals surface area contributed by atoms with Crippen molar-refractivity contribution in [3.8, 4) is 0 Å². The molecule has 1 saturated heterocycles. The van der Waals surface area contributed by atoms with Crippen LogP contribution < -0.4 is 5.32 Å². The molecule has 19 heavy (non-hydrogen) atoms. The van der Waals surface area contributed by atoms with Gasteiger partial charge in [-0.3, -0.25) is 0 Å². The standard InChI is InChI=1S/C15H23NO2S/c17-14(12-4-8-19-11-12)10-16-13-3-7-18-15(9-13)5-1-2-6-15/h4,8,11,13-14,16-17H,1-3,5-7,9-10H2. The van der Waals surface area contributed by atoms with E-state index < -0.39 is 0 Å². The van der Waals surface area contributed by atoms with Crippen LogP contribution in [0.3, 0.4) is 0 Å². The van der Waals surface area contributed by atoms with Crippen molar-refractivity contribution >= 4 is 11.3 Å². The number of ether oxygens (including phenoxy) is 1. The van der Waals surface area contributed by atoms with Gasteiger partial charge in [0.05, 0.1) is 11.7 Å². The molecule has 2 N–H and O–H groups in total. The van der Waals surface area contributed by atoms with Crippen molar-refractivity contribution in [3.63, 3.8) is 0 Å². The Morgan fingerprint density at radius 1 is 1.47 bits per heavy atom. The van der Waals surface area contributed by atoms with Gasteiger partial charge in [-0.25, -0.2) is 0 Å². The zero-order chi connectivity index (χ0) is 13.1. The first kappa shape index (κ1) is 13.6. The van der Waals surface area contributed by atoms with Gasteiger partial charge in [-0.2, -0.15) is 11.3 Å². The van der Waals surface area contributed by atoms with Gasteiger partial charge in [0.1, 0.15) is 0 Å². The van der Waals surface area contributed by atoms with Crippen LogP contribution in [0.5, 0.6) is 0 Å². The molecule has 3 rings (SSSR count). The van der Waals surface area contributed by atoms with Crippen LogP contribution >= 0.6 is 11.3 Å². The van der Waals surface area contributed by atoms with Crippen LogP contribution in [0, 0.1) is 0 Å². The van der Waals surface area contributed by atoms with Crippen molar-refractivity contribution in [1.29, 1.82) is 0 Å². The lowest BCUT2D eigenvalue weighted by molar-refractivity contribution is -0.0844. The summed E-state index contributed by atoms with van der Waals surface area (Å²) in [6, 6.07) is 2.50. The lowest BCUT2D eigenvalue weighted by Gasteiger charge is -2.39. The molecule has 106 valence electrons. The van der Waals surface area contributed by atoms with Gasteiger partial charge in [0.2, 0.25) is 0 Å². The monoisotopic (exact) mass is 281 g/mol. The van der Waals surface area contributed by atoms with Crippen LogP contribution in [0.2, 0.25) is 0 Å². The summed E-state index contributed by atoms with van der Waals surface area (Å²) in [4.78, 5) is 0. The Balaban J connectivity index is 1.50. The highest BCUT2D eigenvalue weighted by atomic mass is 32.1. The summed E-state index contributed by atoms with van der Waals surface area (Å²) >= 11 is 1.64. The topological polar surface area (TPSA) is 41.5 Å². The van der Waals surface area contributed by atoms with Crippen molar-refractivity contribution in [2.75, 3.05) is 13.2 Å². The summed E-state index contributed by atoms with van der Waals surface area (Å²) < 4.78 is 6.03. The maximum absolute atomic E-state index is 10.1. The van der Waals surface area contributed by atoms with E-state index in [-0.39, 0.29) is 11.7 Å². The highest BCUT2D eigenvalue weighted by molar-refractivity contribution is 7.07. The first-order valence-corrected chi connectivity index (χ1v) is 8.29. The molecule has 1 spiro atoms. The van der Waals surface area contributed by atoms with Crippen LogP contribution in [0.1, 0.15) is 50.2 Å². The number of thiophene rings is 1. The minimum absolute atomic E-state index is 0.156. The van der Waals surface area contributed by atoms with E-state index in [0.29, 0.717) is 12.6 Å². The molecular formula is C15H23NO2S. The Kier molecular flexibility index (Phi) is 4.22. The highest BCUT2D eigenvalue weighted by Gasteiger charge is 2.39. The maximum atomic E-state index is 10.1. The summed E-state index contributed by atoms with van der Waals surface area (Å²) in [5, 5.41) is 17.7. The zero-order valence-electron chi connectivity index (χ0n) is 11.3. The molecule has 2 aliphatic rings. The maximum Gasteiger partial charge on any atom is 0.0922 e. The van der Waals surface area contributed by atoms with Crippen molar-refractivity contribution in [1.82, 2.24) is 5.32 Å². The van der Waals surface area contributed by atoms with E-state index in [1.165, 1.54) is 25.7 Å². The molecule has 0 bridgehead atoms. The van der Waals surface area contributed by atoms with Crippen molar-refractivity contribution in [2.24, 2.45) is 0 Å². The summed E-state index contributed by atoms with van der Waals surface area (Å²) in [7, 11) is 0. The molecule has 1 aromatic heterocycles. The van der Waals surface area contributed by atoms with Crippen molar-refractivity contribution in [2.45, 2.75) is 56.3 Å². The Hall–Kier alpha value is -0.420. The number of rotatable bonds is 4. The lowest BCUT2D eigenvalue weighted by Crippen LogP contribution is -2.46. The fourth-order valence-electron chi connectivity index (χ4n) is 3.43. The van der Waals surface area contributed by atoms with Gasteiger partial charge in [-0.05, 0) is 48.1 Å². The van der Waals surface area contributed by atoms with E-state index >= 15 is 0 Å². The van der Waals surface area contributed by atoms with Gasteiger partial charge in [0.15, 0.2) is 0 Å². The third-order valence-corrected chi connectivity index (χ3v) is 5.24. The Morgan fingerprint density at radius 2 is 2.32 bits per heavy atom. The molecule has 1 aromatic rings. The van der Waals surface area contributed by atoms with Crippen molar-refractivity contribution in [3.05, 3.63) is 22.4 Å². The van der Waals surface area contributed by atoms with Crippen LogP contribution in [-0.2, 0) is 4.74 Å². The summed E-state index contributed by atoms with van der Waals surface area (Å²) in [6.07, 6.45) is 6.86. The highest BCUT2D eigenvalue weighted by Crippen LogP contribution is 2.40. The average Bonchev–Trinajstić information content (AvgIpc) is 3.08. The number of aliphatic hydroxyl groups excluding tert-OH is 1. The summed E-state index contributed by atoms with van der Waals surface area (Å²) in [6.45, 7) is 1.52. The van der Waals surface area contributed by atoms with E-state index in [2.05, 4.69) is 5.32 Å². The Bertz CT molecular complexity index is 387. The third kappa shape index (κ3) is 3.19. The predicted molar refractivity (Wildman–Crippen MR) is 77.5 cm³/mol. The summed E-state index contributed by atoms with van der Waals surface area (Å²) in [5.74, 6) is 0. The quantitative estimate of drug-likeness (QED) is 0.891. The summed E-state index contributed by atoms with van der Waals surface area (Å²) in [5.41, 5.74) is 1.18. The number of aliphatic hydroxyl groups is 1. The molecule has 1 saturated carbocycles. The van der Waals surface area contributed by atoms with Gasteiger partial charge in [-0.1, -0.05) is 12.8 Å². The number of hydrogen-bond acceptors (Lipinski definition) is 4. The first-order valence-electron chi connectivity index (χ1n) is 7.35. The van der Waals surface area contributed by atoms with E-state index in [0.717, 1.165) is 25.0 Å². The molecule has 0 aromatic carbocycles. The molecule has 2 unspecified atom stereocenters. The predicted octanol–water partition coefficient (Wildman–Crippen LogP) is 2.86. The van der Waals surface area contributed by atoms with Crippen LogP contribution in [-0.4, -0.2) is 29.9 Å². The first-order chi connectivity index (χ1) is 9.27. The minimum Gasteiger partial charge on any atom is -0.387 e. The second kappa shape index (κ2) is 5.92. The van der Waals surface area contributed by atoms with Gasteiger partial charge in [-0.15, -0.1) is 0 Å². The molecule has 0 radical (unpaired) electrons. The molecule has 4 heteroatoms. The Morgan fingerprint density at radius 3 is 3.05 bits per heavy atom. The molecule has 2 atom stereocenters. The molecule has 2 heterocycles. The van der Waals surface area contributed by atoms with Crippen LogP contribution in [0.4, 0.5) is 0 Å². The number of nitrogens with one attached hydrogen (secondary N) is 1. The average molecular weight is 281 g/mol. The SMILES string of the molecule is OC(CNC1CCOC2(CCCC2)C1)c1ccsc1. The van der Waals surface area contributed by atoms with Gasteiger partial charge < -0.3 is 15.2 Å². The Labute approximate surface area is 119 Å². The second-order valence-electron chi connectivity index (χ2n) is 5.91.